The number of carbonyl (C=O) groups excluding carboxylic acids is 1. The second kappa shape index (κ2) is 4.18. The molecule has 1 unspecified atom stereocenters. The van der Waals surface area contributed by atoms with Crippen LogP contribution in [0.25, 0.3) is 21.8 Å². The lowest BCUT2D eigenvalue weighted by molar-refractivity contribution is 0.101. The molecule has 1 atom stereocenters. The summed E-state index contributed by atoms with van der Waals surface area (Å²) in [6.07, 6.45) is 0. The number of benzene rings is 2. The first-order valence-corrected chi connectivity index (χ1v) is 6.05. The minimum Gasteiger partial charge on any atom is -0.354 e. The highest BCUT2D eigenvalue weighted by Crippen LogP contribution is 2.26. The number of nitrogens with one attached hydrogen (secondary N) is 1. The third kappa shape index (κ3) is 1.71. The van der Waals surface area contributed by atoms with Gasteiger partial charge in [0, 0.05) is 27.4 Å². The van der Waals surface area contributed by atoms with Crippen molar-refractivity contribution >= 4 is 47.0 Å². The fraction of sp³-hybridized carbons (Fsp3) is 0.0714. The van der Waals surface area contributed by atoms with Crippen molar-refractivity contribution in [2.24, 2.45) is 0 Å². The van der Waals surface area contributed by atoms with Crippen LogP contribution in [0.4, 0.5) is 0 Å². The molecule has 86 valence electrons. The van der Waals surface area contributed by atoms with Gasteiger partial charge in [-0.3, -0.25) is 4.79 Å². The van der Waals surface area contributed by atoms with Crippen LogP contribution in [0.3, 0.4) is 0 Å². The molecule has 2 nitrogen and oxygen atoms in total. The number of alkyl halides is 1. The molecule has 0 fully saturated rings. The van der Waals surface area contributed by atoms with E-state index in [4.69, 9.17) is 19.4 Å². The summed E-state index contributed by atoms with van der Waals surface area (Å²) < 4.78 is 0. The molecule has 1 aromatic heterocycles. The summed E-state index contributed by atoms with van der Waals surface area (Å²) in [5.41, 5.74) is 2.49. The van der Waals surface area contributed by atoms with Gasteiger partial charge in [-0.2, -0.15) is 0 Å². The molecule has 2 radical (unpaired) electrons. The Labute approximate surface area is 110 Å². The highest BCUT2D eigenvalue weighted by atomic mass is 35.5. The van der Waals surface area contributed by atoms with Crippen LogP contribution in [0.5, 0.6) is 0 Å². The maximum Gasteiger partial charge on any atom is 0.171 e. The lowest BCUT2D eigenvalue weighted by atomic mass is 9.94. The lowest BCUT2D eigenvalue weighted by Gasteiger charge is -2.02. The van der Waals surface area contributed by atoms with E-state index in [0.29, 0.717) is 5.56 Å². The van der Waals surface area contributed by atoms with E-state index in [-0.39, 0.29) is 5.78 Å². The largest absolute Gasteiger partial charge is 0.354 e. The summed E-state index contributed by atoms with van der Waals surface area (Å²) in [6, 6.07) is 13.5. The van der Waals surface area contributed by atoms with Crippen LogP contribution in [-0.2, 0) is 0 Å². The molecule has 3 aromatic rings. The number of aromatic amines is 1. The Morgan fingerprint density at radius 3 is 2.61 bits per heavy atom. The van der Waals surface area contributed by atoms with Crippen molar-refractivity contribution in [1.82, 2.24) is 4.98 Å². The number of hydrogen-bond acceptors (Lipinski definition) is 1. The molecule has 0 saturated carbocycles. The van der Waals surface area contributed by atoms with E-state index in [0.717, 1.165) is 21.8 Å². The average molecular weight is 253 g/mol. The van der Waals surface area contributed by atoms with Crippen LogP contribution in [0, 0.1) is 0 Å². The average Bonchev–Trinajstić information content (AvgIpc) is 2.75. The van der Waals surface area contributed by atoms with Gasteiger partial charge in [0.25, 0.3) is 0 Å². The van der Waals surface area contributed by atoms with E-state index in [1.165, 1.54) is 0 Å². The van der Waals surface area contributed by atoms with E-state index >= 15 is 0 Å². The van der Waals surface area contributed by atoms with Gasteiger partial charge < -0.3 is 4.98 Å². The maximum absolute atomic E-state index is 11.7. The standard InChI is InChI=1S/C14H9BClNO/c15-14(16)13(18)8-5-6-10-9-3-1-2-4-11(9)17-12(10)7-8/h1-7,14,17H. The van der Waals surface area contributed by atoms with Crippen molar-refractivity contribution in [3.63, 3.8) is 0 Å². The number of H-pyrrole nitrogens is 1. The molecule has 18 heavy (non-hydrogen) atoms. The summed E-state index contributed by atoms with van der Waals surface area (Å²) >= 11 is 5.61. The number of aromatic nitrogens is 1. The lowest BCUT2D eigenvalue weighted by Crippen LogP contribution is -2.14. The Kier molecular flexibility index (Phi) is 2.64. The number of fused-ring (bicyclic) bond motifs is 3. The normalized spacial score (nSPS) is 12.9. The molecule has 0 aliphatic rings. The van der Waals surface area contributed by atoms with E-state index in [1.807, 2.05) is 30.3 Å². The SMILES string of the molecule is [B]C(Cl)C(=O)c1ccc2c(c1)[nH]c1ccccc12. The topological polar surface area (TPSA) is 32.9 Å². The highest BCUT2D eigenvalue weighted by Gasteiger charge is 2.13. The molecular formula is C14H9BClNO. The molecule has 0 spiro atoms. The van der Waals surface area contributed by atoms with Crippen LogP contribution < -0.4 is 0 Å². The first kappa shape index (κ1) is 11.4. The van der Waals surface area contributed by atoms with Crippen LogP contribution in [0.15, 0.2) is 42.5 Å². The number of ketones is 1. The monoisotopic (exact) mass is 253 g/mol. The summed E-state index contributed by atoms with van der Waals surface area (Å²) in [4.78, 5) is 15.0. The van der Waals surface area contributed by atoms with Crippen molar-refractivity contribution in [2.75, 3.05) is 0 Å². The van der Waals surface area contributed by atoms with Gasteiger partial charge in [0.2, 0.25) is 0 Å². The van der Waals surface area contributed by atoms with E-state index in [1.54, 1.807) is 12.1 Å². The highest BCUT2D eigenvalue weighted by molar-refractivity contribution is 6.52. The Morgan fingerprint density at radius 2 is 1.83 bits per heavy atom. The van der Waals surface area contributed by atoms with Crippen molar-refractivity contribution in [1.29, 1.82) is 0 Å². The van der Waals surface area contributed by atoms with Gasteiger partial charge in [0.05, 0.1) is 5.28 Å². The van der Waals surface area contributed by atoms with Gasteiger partial charge in [0.15, 0.2) is 5.78 Å². The Hall–Kier alpha value is -1.74. The molecule has 0 saturated heterocycles. The molecule has 3 rings (SSSR count). The number of halogens is 1. The summed E-state index contributed by atoms with van der Waals surface area (Å²) in [7, 11) is 5.39. The van der Waals surface area contributed by atoms with E-state index < -0.39 is 5.28 Å². The number of hydrogen-bond donors (Lipinski definition) is 1. The second-order valence-electron chi connectivity index (χ2n) is 4.20. The number of rotatable bonds is 2. The third-order valence-electron chi connectivity index (χ3n) is 3.04. The molecule has 1 heterocycles. The minimum absolute atomic E-state index is 0.266. The molecule has 0 aliphatic carbocycles. The van der Waals surface area contributed by atoms with E-state index in [9.17, 15) is 4.79 Å². The number of para-hydroxylation sites is 1. The Balaban J connectivity index is 2.24. The molecule has 0 amide bonds. The Bertz CT molecular complexity index is 748. The van der Waals surface area contributed by atoms with Gasteiger partial charge in [-0.15, -0.1) is 11.6 Å². The van der Waals surface area contributed by atoms with E-state index in [2.05, 4.69) is 4.98 Å². The van der Waals surface area contributed by atoms with Crippen LogP contribution >= 0.6 is 11.6 Å². The minimum atomic E-state index is -0.994. The Morgan fingerprint density at radius 1 is 1.11 bits per heavy atom. The van der Waals surface area contributed by atoms with Crippen molar-refractivity contribution < 1.29 is 4.79 Å². The van der Waals surface area contributed by atoms with Crippen LogP contribution in [0.1, 0.15) is 10.4 Å². The predicted molar refractivity (Wildman–Crippen MR) is 75.5 cm³/mol. The first-order valence-electron chi connectivity index (χ1n) is 5.61. The summed E-state index contributed by atoms with van der Waals surface area (Å²) in [6.45, 7) is 0. The maximum atomic E-state index is 11.7. The molecule has 0 aliphatic heterocycles. The van der Waals surface area contributed by atoms with Gasteiger partial charge >= 0.3 is 0 Å². The first-order chi connectivity index (χ1) is 8.66. The zero-order valence-corrected chi connectivity index (χ0v) is 10.2. The summed E-state index contributed by atoms with van der Waals surface area (Å²) in [5, 5.41) is 1.23. The van der Waals surface area contributed by atoms with Gasteiger partial charge in [-0.1, -0.05) is 30.3 Å². The fourth-order valence-corrected chi connectivity index (χ4v) is 2.29. The molecule has 2 aromatic carbocycles. The zero-order chi connectivity index (χ0) is 12.7. The van der Waals surface area contributed by atoms with Crippen molar-refractivity contribution in [2.45, 2.75) is 5.28 Å². The second-order valence-corrected chi connectivity index (χ2v) is 4.67. The quantitative estimate of drug-likeness (QED) is 0.424. The van der Waals surface area contributed by atoms with Crippen molar-refractivity contribution in [3.05, 3.63) is 48.0 Å². The zero-order valence-electron chi connectivity index (χ0n) is 9.48. The van der Waals surface area contributed by atoms with Crippen molar-refractivity contribution in [3.8, 4) is 0 Å². The van der Waals surface area contributed by atoms with Gasteiger partial charge in [-0.25, -0.2) is 0 Å². The van der Waals surface area contributed by atoms with Crippen LogP contribution in [0.2, 0.25) is 0 Å². The molecule has 0 bridgehead atoms. The molecule has 4 heteroatoms. The predicted octanol–water partition coefficient (Wildman–Crippen LogP) is 3.24. The summed E-state index contributed by atoms with van der Waals surface area (Å²) in [5.74, 6) is -0.266. The fourth-order valence-electron chi connectivity index (χ4n) is 2.17. The van der Waals surface area contributed by atoms with Gasteiger partial charge in [-0.05, 0) is 12.1 Å². The number of Topliss-reactive ketones (excluding diaryl/α,β-unsaturated/α-hetero) is 1. The smallest absolute Gasteiger partial charge is 0.171 e. The molecular weight excluding hydrogens is 244 g/mol. The van der Waals surface area contributed by atoms with Gasteiger partial charge in [0.1, 0.15) is 7.85 Å². The van der Waals surface area contributed by atoms with Crippen LogP contribution in [-0.4, -0.2) is 23.9 Å². The number of carbonyl (C=O) groups is 1. The third-order valence-corrected chi connectivity index (χ3v) is 3.24. The molecule has 1 N–H and O–H groups in total.